The molecule has 0 radical (unpaired) electrons. The molecule has 3 rings (SSSR count). The van der Waals surface area contributed by atoms with Crippen LogP contribution in [-0.2, 0) is 14.3 Å². The molecule has 24 heavy (non-hydrogen) atoms. The van der Waals surface area contributed by atoms with Crippen LogP contribution in [0.3, 0.4) is 0 Å². The van der Waals surface area contributed by atoms with Gasteiger partial charge in [-0.2, -0.15) is 0 Å². The highest BCUT2D eigenvalue weighted by atomic mass is 19.1. The van der Waals surface area contributed by atoms with Crippen molar-refractivity contribution >= 4 is 17.6 Å². The van der Waals surface area contributed by atoms with Gasteiger partial charge in [0.1, 0.15) is 5.82 Å². The van der Waals surface area contributed by atoms with Crippen LogP contribution in [0.25, 0.3) is 0 Å². The molecule has 120 valence electrons. The molecule has 4 nitrogen and oxygen atoms in total. The van der Waals surface area contributed by atoms with E-state index in [0.29, 0.717) is 5.69 Å². The van der Waals surface area contributed by atoms with Gasteiger partial charge in [0.05, 0.1) is 11.5 Å². The molecule has 0 aliphatic carbocycles. The van der Waals surface area contributed by atoms with Crippen LogP contribution in [0.2, 0.25) is 0 Å². The van der Waals surface area contributed by atoms with Crippen molar-refractivity contribution in [3.63, 3.8) is 0 Å². The van der Waals surface area contributed by atoms with Crippen molar-refractivity contribution in [2.24, 2.45) is 0 Å². The van der Waals surface area contributed by atoms with Crippen LogP contribution in [0.4, 0.5) is 10.1 Å². The molecular formula is C19H14FNO3. The Labute approximate surface area is 138 Å². The van der Waals surface area contributed by atoms with Crippen LogP contribution in [0.1, 0.15) is 23.5 Å². The number of esters is 1. The number of fused-ring (bicyclic) bond motifs is 1. The molecule has 0 aromatic heterocycles. The van der Waals surface area contributed by atoms with Crippen molar-refractivity contribution in [1.29, 1.82) is 0 Å². The quantitative estimate of drug-likeness (QED) is 0.683. The molecule has 0 saturated carbocycles. The SMILES string of the molecule is O=C1CC(C(=O)OCC#Cc2ccccc2F)c2ccccc2N1. The number of hydrogen-bond acceptors (Lipinski definition) is 3. The molecule has 5 heteroatoms. The van der Waals surface area contributed by atoms with Gasteiger partial charge in [0.15, 0.2) is 6.61 Å². The van der Waals surface area contributed by atoms with Gasteiger partial charge < -0.3 is 10.1 Å². The zero-order valence-electron chi connectivity index (χ0n) is 12.7. The second-order valence-corrected chi connectivity index (χ2v) is 5.28. The fraction of sp³-hybridized carbons (Fsp3) is 0.158. The second-order valence-electron chi connectivity index (χ2n) is 5.28. The van der Waals surface area contributed by atoms with E-state index in [2.05, 4.69) is 17.2 Å². The number of halogens is 1. The number of rotatable bonds is 2. The van der Waals surface area contributed by atoms with E-state index in [1.165, 1.54) is 6.07 Å². The molecule has 1 atom stereocenters. The molecule has 1 aliphatic heterocycles. The zero-order chi connectivity index (χ0) is 16.9. The van der Waals surface area contributed by atoms with Gasteiger partial charge in [-0.15, -0.1) is 0 Å². The summed E-state index contributed by atoms with van der Waals surface area (Å²) in [5.74, 6) is 3.42. The molecule has 0 spiro atoms. The molecule has 1 unspecified atom stereocenters. The fourth-order valence-electron chi connectivity index (χ4n) is 2.52. The summed E-state index contributed by atoms with van der Waals surface area (Å²) in [7, 11) is 0. The number of amides is 1. The lowest BCUT2D eigenvalue weighted by molar-refractivity contribution is -0.145. The van der Waals surface area contributed by atoms with E-state index in [-0.39, 0.29) is 24.5 Å². The maximum Gasteiger partial charge on any atom is 0.314 e. The maximum absolute atomic E-state index is 13.4. The lowest BCUT2D eigenvalue weighted by Crippen LogP contribution is -2.28. The summed E-state index contributed by atoms with van der Waals surface area (Å²) < 4.78 is 18.6. The summed E-state index contributed by atoms with van der Waals surface area (Å²) in [4.78, 5) is 23.9. The first-order valence-corrected chi connectivity index (χ1v) is 7.44. The molecular weight excluding hydrogens is 309 g/mol. The summed E-state index contributed by atoms with van der Waals surface area (Å²) in [6.45, 7) is -0.159. The number of carbonyl (C=O) groups is 2. The number of carbonyl (C=O) groups excluding carboxylic acids is 2. The van der Waals surface area contributed by atoms with Gasteiger partial charge in [-0.25, -0.2) is 4.39 Å². The lowest BCUT2D eigenvalue weighted by Gasteiger charge is -2.23. The van der Waals surface area contributed by atoms with Gasteiger partial charge in [0.25, 0.3) is 0 Å². The number of hydrogen-bond donors (Lipinski definition) is 1. The summed E-state index contributed by atoms with van der Waals surface area (Å²) in [6.07, 6.45) is 0.0383. The highest BCUT2D eigenvalue weighted by molar-refractivity contribution is 5.99. The number of anilines is 1. The first-order chi connectivity index (χ1) is 11.6. The Hall–Kier alpha value is -3.13. The lowest BCUT2D eigenvalue weighted by atomic mass is 9.91. The Morgan fingerprint density at radius 1 is 1.21 bits per heavy atom. The van der Waals surface area contributed by atoms with E-state index < -0.39 is 17.7 Å². The standard InChI is InChI=1S/C19H14FNO3/c20-16-9-3-1-6-13(16)7-5-11-24-19(23)15-12-18(22)21-17-10-4-2-8-14(15)17/h1-4,6,8-10,15H,11-12H2,(H,21,22). The van der Waals surface area contributed by atoms with E-state index in [1.807, 2.05) is 0 Å². The molecule has 1 N–H and O–H groups in total. The Morgan fingerprint density at radius 3 is 2.79 bits per heavy atom. The summed E-state index contributed by atoms with van der Waals surface area (Å²) in [5.41, 5.74) is 1.59. The average Bonchev–Trinajstić information content (AvgIpc) is 2.59. The van der Waals surface area contributed by atoms with Crippen LogP contribution in [0.15, 0.2) is 48.5 Å². The number of benzene rings is 2. The first-order valence-electron chi connectivity index (χ1n) is 7.44. The highest BCUT2D eigenvalue weighted by Gasteiger charge is 2.31. The van der Waals surface area contributed by atoms with Crippen molar-refractivity contribution < 1.29 is 18.7 Å². The van der Waals surface area contributed by atoms with E-state index >= 15 is 0 Å². The van der Waals surface area contributed by atoms with Gasteiger partial charge in [-0.05, 0) is 23.8 Å². The Morgan fingerprint density at radius 2 is 1.96 bits per heavy atom. The van der Waals surface area contributed by atoms with Gasteiger partial charge in [0, 0.05) is 12.1 Å². The van der Waals surface area contributed by atoms with Crippen LogP contribution >= 0.6 is 0 Å². The van der Waals surface area contributed by atoms with E-state index in [4.69, 9.17) is 4.74 Å². The molecule has 2 aromatic rings. The molecule has 0 saturated heterocycles. The van der Waals surface area contributed by atoms with E-state index in [0.717, 1.165) is 5.56 Å². The van der Waals surface area contributed by atoms with Crippen molar-refractivity contribution in [1.82, 2.24) is 0 Å². The smallest absolute Gasteiger partial charge is 0.314 e. The second kappa shape index (κ2) is 6.97. The number of ether oxygens (including phenoxy) is 1. The van der Waals surface area contributed by atoms with Crippen molar-refractivity contribution in [3.8, 4) is 11.8 Å². The molecule has 0 bridgehead atoms. The van der Waals surface area contributed by atoms with Crippen LogP contribution in [0, 0.1) is 17.7 Å². The minimum absolute atomic E-state index is 0.0383. The zero-order valence-corrected chi connectivity index (χ0v) is 12.7. The largest absolute Gasteiger partial charge is 0.452 e. The predicted molar refractivity (Wildman–Crippen MR) is 86.7 cm³/mol. The number of para-hydroxylation sites is 1. The Kier molecular flexibility index (Phi) is 4.57. The average molecular weight is 323 g/mol. The monoisotopic (exact) mass is 323 g/mol. The Balaban J connectivity index is 1.66. The third-order valence-electron chi connectivity index (χ3n) is 3.67. The van der Waals surface area contributed by atoms with Crippen LogP contribution < -0.4 is 5.32 Å². The van der Waals surface area contributed by atoms with Crippen molar-refractivity contribution in [2.75, 3.05) is 11.9 Å². The van der Waals surface area contributed by atoms with Gasteiger partial charge in [-0.3, -0.25) is 9.59 Å². The van der Waals surface area contributed by atoms with Gasteiger partial charge in [-0.1, -0.05) is 42.2 Å². The van der Waals surface area contributed by atoms with Crippen molar-refractivity contribution in [2.45, 2.75) is 12.3 Å². The summed E-state index contributed by atoms with van der Waals surface area (Å²) in [5, 5.41) is 2.72. The van der Waals surface area contributed by atoms with Gasteiger partial charge in [0.2, 0.25) is 5.91 Å². The van der Waals surface area contributed by atoms with Crippen LogP contribution in [0.5, 0.6) is 0 Å². The molecule has 1 heterocycles. The minimum Gasteiger partial charge on any atom is -0.452 e. The third kappa shape index (κ3) is 3.44. The number of nitrogens with one attached hydrogen (secondary N) is 1. The Bertz CT molecular complexity index is 851. The topological polar surface area (TPSA) is 55.4 Å². The van der Waals surface area contributed by atoms with Crippen molar-refractivity contribution in [3.05, 3.63) is 65.5 Å². The summed E-state index contributed by atoms with van der Waals surface area (Å²) >= 11 is 0. The highest BCUT2D eigenvalue weighted by Crippen LogP contribution is 2.32. The fourth-order valence-corrected chi connectivity index (χ4v) is 2.52. The molecule has 1 amide bonds. The third-order valence-corrected chi connectivity index (χ3v) is 3.67. The van der Waals surface area contributed by atoms with Crippen LogP contribution in [-0.4, -0.2) is 18.5 Å². The molecule has 0 fully saturated rings. The van der Waals surface area contributed by atoms with E-state index in [1.54, 1.807) is 42.5 Å². The first kappa shape index (κ1) is 15.8. The predicted octanol–water partition coefficient (Wildman–Crippen LogP) is 2.85. The minimum atomic E-state index is -0.648. The normalized spacial score (nSPS) is 15.5. The molecule has 1 aliphatic rings. The van der Waals surface area contributed by atoms with Gasteiger partial charge >= 0.3 is 5.97 Å². The molecule has 2 aromatic carbocycles. The van der Waals surface area contributed by atoms with E-state index in [9.17, 15) is 14.0 Å². The summed E-state index contributed by atoms with van der Waals surface area (Å²) in [6, 6.07) is 13.2. The maximum atomic E-state index is 13.4.